The van der Waals surface area contributed by atoms with E-state index in [2.05, 4.69) is 48.5 Å². The number of nitrogens with zero attached hydrogens (tertiary/aromatic N) is 2. The summed E-state index contributed by atoms with van der Waals surface area (Å²) in [5, 5.41) is 0. The molecule has 2 rings (SSSR count). The Bertz CT molecular complexity index is 461. The van der Waals surface area contributed by atoms with Crippen LogP contribution < -0.4 is 0 Å². The molecule has 0 unspecified atom stereocenters. The van der Waals surface area contributed by atoms with E-state index >= 15 is 0 Å². The molecule has 0 fully saturated rings. The Labute approximate surface area is 84.6 Å². The van der Waals surface area contributed by atoms with Gasteiger partial charge in [0.25, 0.3) is 0 Å². The molecule has 2 aromatic rings. The summed E-state index contributed by atoms with van der Waals surface area (Å²) in [4.78, 5) is 4.65. The standard InChI is InChI=1S/C12H16N2/c1-12(2,3)11-6-5-10-9(13-11)7-8-14(10)4/h5-8H,1-4H3. The highest BCUT2D eigenvalue weighted by Crippen LogP contribution is 2.22. The number of aromatic nitrogens is 2. The van der Waals surface area contributed by atoms with Gasteiger partial charge in [0.2, 0.25) is 0 Å². The van der Waals surface area contributed by atoms with Crippen LogP contribution in [0, 0.1) is 0 Å². The largest absolute Gasteiger partial charge is 0.349 e. The molecular weight excluding hydrogens is 172 g/mol. The predicted molar refractivity (Wildman–Crippen MR) is 59.4 cm³/mol. The van der Waals surface area contributed by atoms with Crippen molar-refractivity contribution in [3.05, 3.63) is 30.1 Å². The first kappa shape index (κ1) is 9.25. The number of hydrogen-bond donors (Lipinski definition) is 0. The zero-order valence-electron chi connectivity index (χ0n) is 9.20. The third kappa shape index (κ3) is 1.41. The van der Waals surface area contributed by atoms with Crippen molar-refractivity contribution in [3.8, 4) is 0 Å². The Hall–Kier alpha value is -1.31. The third-order valence-corrected chi connectivity index (χ3v) is 2.51. The number of hydrogen-bond acceptors (Lipinski definition) is 1. The lowest BCUT2D eigenvalue weighted by molar-refractivity contribution is 0.571. The Morgan fingerprint density at radius 1 is 1.14 bits per heavy atom. The minimum atomic E-state index is 0.129. The van der Waals surface area contributed by atoms with E-state index in [1.165, 1.54) is 5.52 Å². The maximum atomic E-state index is 4.65. The molecule has 0 saturated carbocycles. The summed E-state index contributed by atoms with van der Waals surface area (Å²) in [6.45, 7) is 6.55. The Kier molecular flexibility index (Phi) is 1.88. The van der Waals surface area contributed by atoms with Gasteiger partial charge >= 0.3 is 0 Å². The van der Waals surface area contributed by atoms with E-state index in [4.69, 9.17) is 0 Å². The minimum Gasteiger partial charge on any atom is -0.349 e. The molecule has 14 heavy (non-hydrogen) atoms. The van der Waals surface area contributed by atoms with Crippen LogP contribution in [-0.4, -0.2) is 9.55 Å². The SMILES string of the molecule is Cn1ccc2nc(C(C)(C)C)ccc21. The smallest absolute Gasteiger partial charge is 0.0884 e. The fraction of sp³-hybridized carbons (Fsp3) is 0.417. The maximum Gasteiger partial charge on any atom is 0.0884 e. The summed E-state index contributed by atoms with van der Waals surface area (Å²) in [7, 11) is 2.04. The molecule has 0 radical (unpaired) electrons. The molecule has 0 aromatic carbocycles. The molecule has 2 aromatic heterocycles. The number of rotatable bonds is 0. The summed E-state index contributed by atoms with van der Waals surface area (Å²) in [5.41, 5.74) is 3.55. The fourth-order valence-corrected chi connectivity index (χ4v) is 1.57. The van der Waals surface area contributed by atoms with Crippen LogP contribution in [0.25, 0.3) is 11.0 Å². The lowest BCUT2D eigenvalue weighted by Gasteiger charge is -2.17. The van der Waals surface area contributed by atoms with E-state index in [0.29, 0.717) is 0 Å². The zero-order chi connectivity index (χ0) is 10.3. The fourth-order valence-electron chi connectivity index (χ4n) is 1.57. The molecule has 0 saturated heterocycles. The average Bonchev–Trinajstić information content (AvgIpc) is 2.46. The van der Waals surface area contributed by atoms with Crippen molar-refractivity contribution in [2.45, 2.75) is 26.2 Å². The van der Waals surface area contributed by atoms with Gasteiger partial charge in [-0.1, -0.05) is 20.8 Å². The van der Waals surface area contributed by atoms with Crippen LogP contribution in [0.4, 0.5) is 0 Å². The summed E-state index contributed by atoms with van der Waals surface area (Å²) in [6, 6.07) is 6.32. The van der Waals surface area contributed by atoms with Crippen molar-refractivity contribution >= 4 is 11.0 Å². The highest BCUT2D eigenvalue weighted by molar-refractivity contribution is 5.75. The minimum absolute atomic E-state index is 0.129. The highest BCUT2D eigenvalue weighted by Gasteiger charge is 2.15. The van der Waals surface area contributed by atoms with Gasteiger partial charge in [-0.05, 0) is 18.2 Å². The monoisotopic (exact) mass is 188 g/mol. The van der Waals surface area contributed by atoms with Gasteiger partial charge in [-0.25, -0.2) is 0 Å². The van der Waals surface area contributed by atoms with E-state index in [0.717, 1.165) is 11.2 Å². The van der Waals surface area contributed by atoms with Crippen LogP contribution in [0.1, 0.15) is 26.5 Å². The van der Waals surface area contributed by atoms with Crippen molar-refractivity contribution in [2.75, 3.05) is 0 Å². The number of pyridine rings is 1. The quantitative estimate of drug-likeness (QED) is 0.621. The summed E-state index contributed by atoms with van der Waals surface area (Å²) in [6.07, 6.45) is 2.05. The van der Waals surface area contributed by atoms with E-state index in [1.807, 2.05) is 13.2 Å². The molecule has 2 nitrogen and oxygen atoms in total. The van der Waals surface area contributed by atoms with Gasteiger partial charge in [0.05, 0.1) is 11.0 Å². The molecule has 0 aliphatic carbocycles. The summed E-state index contributed by atoms with van der Waals surface area (Å²) < 4.78 is 2.09. The zero-order valence-corrected chi connectivity index (χ0v) is 9.20. The topological polar surface area (TPSA) is 17.8 Å². The number of fused-ring (bicyclic) bond motifs is 1. The summed E-state index contributed by atoms with van der Waals surface area (Å²) >= 11 is 0. The predicted octanol–water partition coefficient (Wildman–Crippen LogP) is 2.87. The first-order chi connectivity index (χ1) is 6.48. The van der Waals surface area contributed by atoms with Crippen molar-refractivity contribution in [2.24, 2.45) is 7.05 Å². The molecule has 0 atom stereocenters. The molecule has 0 amide bonds. The second-order valence-corrected chi connectivity index (χ2v) is 4.78. The van der Waals surface area contributed by atoms with Gasteiger partial charge in [0, 0.05) is 24.4 Å². The van der Waals surface area contributed by atoms with Gasteiger partial charge in [0.15, 0.2) is 0 Å². The van der Waals surface area contributed by atoms with Gasteiger partial charge in [-0.2, -0.15) is 0 Å². The van der Waals surface area contributed by atoms with Crippen molar-refractivity contribution in [1.29, 1.82) is 0 Å². The van der Waals surface area contributed by atoms with Crippen LogP contribution in [0.2, 0.25) is 0 Å². The molecule has 0 spiro atoms. The molecule has 2 heterocycles. The highest BCUT2D eigenvalue weighted by atomic mass is 14.9. The van der Waals surface area contributed by atoms with E-state index < -0.39 is 0 Å². The molecular formula is C12H16N2. The van der Waals surface area contributed by atoms with Crippen molar-refractivity contribution in [3.63, 3.8) is 0 Å². The molecule has 2 heteroatoms. The second kappa shape index (κ2) is 2.84. The first-order valence-corrected chi connectivity index (χ1v) is 4.91. The second-order valence-electron chi connectivity index (χ2n) is 4.78. The van der Waals surface area contributed by atoms with Gasteiger partial charge in [-0.15, -0.1) is 0 Å². The van der Waals surface area contributed by atoms with Gasteiger partial charge in [0.1, 0.15) is 0 Å². The van der Waals surface area contributed by atoms with Gasteiger partial charge < -0.3 is 4.57 Å². The third-order valence-electron chi connectivity index (χ3n) is 2.51. The van der Waals surface area contributed by atoms with E-state index in [-0.39, 0.29) is 5.41 Å². The number of aryl methyl sites for hydroxylation is 1. The van der Waals surface area contributed by atoms with Crippen LogP contribution in [-0.2, 0) is 12.5 Å². The Morgan fingerprint density at radius 3 is 2.50 bits per heavy atom. The van der Waals surface area contributed by atoms with Crippen LogP contribution >= 0.6 is 0 Å². The first-order valence-electron chi connectivity index (χ1n) is 4.91. The Morgan fingerprint density at radius 2 is 1.86 bits per heavy atom. The van der Waals surface area contributed by atoms with Crippen LogP contribution in [0.15, 0.2) is 24.4 Å². The molecule has 0 aliphatic rings. The van der Waals surface area contributed by atoms with Crippen molar-refractivity contribution in [1.82, 2.24) is 9.55 Å². The molecule has 0 N–H and O–H groups in total. The Balaban J connectivity index is 2.63. The van der Waals surface area contributed by atoms with Gasteiger partial charge in [-0.3, -0.25) is 4.98 Å². The lowest BCUT2D eigenvalue weighted by atomic mass is 9.91. The molecule has 74 valence electrons. The normalized spacial score (nSPS) is 12.3. The van der Waals surface area contributed by atoms with Crippen LogP contribution in [0.3, 0.4) is 0 Å². The van der Waals surface area contributed by atoms with Crippen LogP contribution in [0.5, 0.6) is 0 Å². The van der Waals surface area contributed by atoms with Crippen molar-refractivity contribution < 1.29 is 0 Å². The molecule has 0 aliphatic heterocycles. The summed E-state index contributed by atoms with van der Waals surface area (Å²) in [5.74, 6) is 0. The molecule has 0 bridgehead atoms. The maximum absolute atomic E-state index is 4.65. The van der Waals surface area contributed by atoms with E-state index in [9.17, 15) is 0 Å². The van der Waals surface area contributed by atoms with E-state index in [1.54, 1.807) is 0 Å². The lowest BCUT2D eigenvalue weighted by Crippen LogP contribution is -2.13. The average molecular weight is 188 g/mol.